The van der Waals surface area contributed by atoms with Crippen LogP contribution in [0.1, 0.15) is 24.3 Å². The molecule has 0 N–H and O–H groups in total. The quantitative estimate of drug-likeness (QED) is 0.814. The smallest absolute Gasteiger partial charge is 0.243 e. The molecule has 0 saturated heterocycles. The molecule has 1 aliphatic heterocycles. The molecule has 22 heavy (non-hydrogen) atoms. The number of ether oxygens (including phenoxy) is 1. The third kappa shape index (κ3) is 2.74. The topological polar surface area (TPSA) is 41.9 Å². The van der Waals surface area contributed by atoms with E-state index in [1.54, 1.807) is 18.2 Å². The molecule has 4 nitrogen and oxygen atoms in total. The molecule has 1 heterocycles. The molecule has 2 aromatic carbocycles. The van der Waals surface area contributed by atoms with Gasteiger partial charge in [0.2, 0.25) is 18.0 Å². The highest BCUT2D eigenvalue weighted by atomic mass is 79.9. The van der Waals surface area contributed by atoms with Gasteiger partial charge in [-0.2, -0.15) is 5.01 Å². The van der Waals surface area contributed by atoms with Crippen LogP contribution in [0.3, 0.4) is 0 Å². The molecule has 1 atom stereocenters. The Bertz CT molecular complexity index is 763. The van der Waals surface area contributed by atoms with Crippen LogP contribution in [0.4, 0.5) is 4.39 Å². The Kier molecular flexibility index (Phi) is 3.94. The van der Waals surface area contributed by atoms with Gasteiger partial charge in [0.25, 0.3) is 0 Å². The van der Waals surface area contributed by atoms with E-state index in [9.17, 15) is 9.18 Å². The van der Waals surface area contributed by atoms with Gasteiger partial charge in [-0.3, -0.25) is 4.79 Å². The lowest BCUT2D eigenvalue weighted by Crippen LogP contribution is -2.26. The third-order valence-electron chi connectivity index (χ3n) is 3.21. The summed E-state index contributed by atoms with van der Waals surface area (Å²) in [5, 5.41) is 5.34. The average molecular weight is 363 g/mol. The van der Waals surface area contributed by atoms with Crippen molar-refractivity contribution in [3.63, 3.8) is 0 Å². The largest absolute Gasteiger partial charge is 0.446 e. The summed E-state index contributed by atoms with van der Waals surface area (Å²) in [6.45, 7) is 1.37. The first-order valence-corrected chi connectivity index (χ1v) is 7.41. The van der Waals surface area contributed by atoms with E-state index in [2.05, 4.69) is 21.0 Å². The highest BCUT2D eigenvalue weighted by Crippen LogP contribution is 2.32. The maximum atomic E-state index is 14.0. The van der Waals surface area contributed by atoms with Crippen LogP contribution < -0.4 is 0 Å². The molecule has 0 spiro atoms. The SMILES string of the molecule is CC(=O)N1N=C(c2cccc(Br)c2)OC1c1ccccc1F. The summed E-state index contributed by atoms with van der Waals surface area (Å²) in [7, 11) is 0. The van der Waals surface area contributed by atoms with Crippen molar-refractivity contribution >= 4 is 27.7 Å². The van der Waals surface area contributed by atoms with Gasteiger partial charge < -0.3 is 4.74 Å². The molecule has 0 fully saturated rings. The van der Waals surface area contributed by atoms with E-state index in [1.807, 2.05) is 24.3 Å². The van der Waals surface area contributed by atoms with Crippen LogP contribution in [-0.4, -0.2) is 16.8 Å². The molecule has 0 aromatic heterocycles. The molecule has 0 radical (unpaired) electrons. The second kappa shape index (κ2) is 5.88. The minimum absolute atomic E-state index is 0.270. The zero-order valence-corrected chi connectivity index (χ0v) is 13.2. The molecule has 1 amide bonds. The van der Waals surface area contributed by atoms with Crippen LogP contribution in [0, 0.1) is 5.82 Å². The van der Waals surface area contributed by atoms with Crippen LogP contribution in [0.2, 0.25) is 0 Å². The fourth-order valence-corrected chi connectivity index (χ4v) is 2.58. The molecule has 6 heteroatoms. The Balaban J connectivity index is 1.99. The Labute approximate surface area is 135 Å². The lowest BCUT2D eigenvalue weighted by molar-refractivity contribution is -0.135. The summed E-state index contributed by atoms with van der Waals surface area (Å²) in [4.78, 5) is 11.8. The average Bonchev–Trinajstić information content (AvgIpc) is 2.93. The van der Waals surface area contributed by atoms with Gasteiger partial charge in [0, 0.05) is 17.0 Å². The number of hydrogen-bond donors (Lipinski definition) is 0. The van der Waals surface area contributed by atoms with Crippen molar-refractivity contribution in [2.75, 3.05) is 0 Å². The number of amides is 1. The highest BCUT2D eigenvalue weighted by molar-refractivity contribution is 9.10. The maximum absolute atomic E-state index is 14.0. The monoisotopic (exact) mass is 362 g/mol. The molecule has 112 valence electrons. The van der Waals surface area contributed by atoms with Crippen molar-refractivity contribution in [3.05, 3.63) is 69.9 Å². The first-order valence-electron chi connectivity index (χ1n) is 6.61. The molecule has 2 aromatic rings. The molecular weight excluding hydrogens is 351 g/mol. The molecular formula is C16H12BrFN2O2. The van der Waals surface area contributed by atoms with Gasteiger partial charge in [-0.05, 0) is 24.3 Å². The normalized spacial score (nSPS) is 17.1. The summed E-state index contributed by atoms with van der Waals surface area (Å²) in [5.74, 6) is -0.479. The Hall–Kier alpha value is -2.21. The zero-order valence-electron chi connectivity index (χ0n) is 11.7. The van der Waals surface area contributed by atoms with Crippen LogP contribution in [0.5, 0.6) is 0 Å². The fraction of sp³-hybridized carbons (Fsp3) is 0.125. The van der Waals surface area contributed by atoms with Crippen molar-refractivity contribution in [1.29, 1.82) is 0 Å². The Morgan fingerprint density at radius 1 is 1.27 bits per heavy atom. The van der Waals surface area contributed by atoms with Crippen LogP contribution >= 0.6 is 15.9 Å². The number of halogens is 2. The number of carbonyl (C=O) groups is 1. The highest BCUT2D eigenvalue weighted by Gasteiger charge is 2.34. The first kappa shape index (κ1) is 14.7. The number of rotatable bonds is 2. The van der Waals surface area contributed by atoms with E-state index in [0.717, 1.165) is 9.48 Å². The molecule has 3 rings (SSSR count). The summed E-state index contributed by atoms with van der Waals surface area (Å²) in [6, 6.07) is 13.5. The molecule has 0 bridgehead atoms. The molecule has 1 aliphatic rings. The van der Waals surface area contributed by atoms with Crippen molar-refractivity contribution in [2.45, 2.75) is 13.2 Å². The van der Waals surface area contributed by atoms with Crippen molar-refractivity contribution in [3.8, 4) is 0 Å². The summed E-state index contributed by atoms with van der Waals surface area (Å²) >= 11 is 3.37. The fourth-order valence-electron chi connectivity index (χ4n) is 2.18. The second-order valence-electron chi connectivity index (χ2n) is 4.77. The van der Waals surface area contributed by atoms with Gasteiger partial charge in [0.15, 0.2) is 0 Å². The number of benzene rings is 2. The molecule has 0 saturated carbocycles. The van der Waals surface area contributed by atoms with Crippen LogP contribution in [-0.2, 0) is 9.53 Å². The van der Waals surface area contributed by atoms with Gasteiger partial charge in [-0.25, -0.2) is 4.39 Å². The lowest BCUT2D eigenvalue weighted by Gasteiger charge is -2.19. The Morgan fingerprint density at radius 3 is 2.73 bits per heavy atom. The Morgan fingerprint density at radius 2 is 2.05 bits per heavy atom. The molecule has 0 aliphatic carbocycles. The van der Waals surface area contributed by atoms with Gasteiger partial charge in [0.05, 0.1) is 5.56 Å². The standard InChI is InChI=1S/C16H12BrFN2O2/c1-10(21)20-16(13-7-2-3-8-14(13)18)22-15(19-20)11-5-4-6-12(17)9-11/h2-9,16H,1H3. The van der Waals surface area contributed by atoms with E-state index in [0.29, 0.717) is 5.56 Å². The summed E-state index contributed by atoms with van der Waals surface area (Å²) < 4.78 is 20.6. The van der Waals surface area contributed by atoms with E-state index in [4.69, 9.17) is 4.74 Å². The minimum Gasteiger partial charge on any atom is -0.446 e. The van der Waals surface area contributed by atoms with Gasteiger partial charge in [-0.15, -0.1) is 5.10 Å². The second-order valence-corrected chi connectivity index (χ2v) is 5.69. The maximum Gasteiger partial charge on any atom is 0.243 e. The number of carbonyl (C=O) groups excluding carboxylic acids is 1. The number of hydrazone groups is 1. The van der Waals surface area contributed by atoms with Gasteiger partial charge >= 0.3 is 0 Å². The predicted molar refractivity (Wildman–Crippen MR) is 83.4 cm³/mol. The van der Waals surface area contributed by atoms with E-state index in [-0.39, 0.29) is 17.4 Å². The van der Waals surface area contributed by atoms with Gasteiger partial charge in [-0.1, -0.05) is 40.2 Å². The van der Waals surface area contributed by atoms with E-state index >= 15 is 0 Å². The van der Waals surface area contributed by atoms with Gasteiger partial charge in [0.1, 0.15) is 5.82 Å². The summed E-state index contributed by atoms with van der Waals surface area (Å²) in [6.07, 6.45) is -0.896. The van der Waals surface area contributed by atoms with Crippen molar-refractivity contribution in [1.82, 2.24) is 5.01 Å². The predicted octanol–water partition coefficient (Wildman–Crippen LogP) is 3.83. The van der Waals surface area contributed by atoms with Crippen molar-refractivity contribution < 1.29 is 13.9 Å². The zero-order chi connectivity index (χ0) is 15.7. The van der Waals surface area contributed by atoms with E-state index < -0.39 is 12.0 Å². The molecule has 1 unspecified atom stereocenters. The van der Waals surface area contributed by atoms with Crippen molar-refractivity contribution in [2.24, 2.45) is 5.10 Å². The third-order valence-corrected chi connectivity index (χ3v) is 3.70. The lowest BCUT2D eigenvalue weighted by atomic mass is 10.2. The number of hydrogen-bond acceptors (Lipinski definition) is 3. The van der Waals surface area contributed by atoms with Crippen LogP contribution in [0.25, 0.3) is 0 Å². The van der Waals surface area contributed by atoms with E-state index in [1.165, 1.54) is 13.0 Å². The first-order chi connectivity index (χ1) is 10.6. The minimum atomic E-state index is -0.896. The van der Waals surface area contributed by atoms with Crippen LogP contribution in [0.15, 0.2) is 58.1 Å². The summed E-state index contributed by atoms with van der Waals surface area (Å²) in [5.41, 5.74) is 0.978. The number of nitrogens with zero attached hydrogens (tertiary/aromatic N) is 2.